The Morgan fingerprint density at radius 3 is 2.77 bits per heavy atom. The summed E-state index contributed by atoms with van der Waals surface area (Å²) >= 11 is 0. The van der Waals surface area contributed by atoms with Crippen molar-refractivity contribution in [1.29, 1.82) is 0 Å². The Balaban J connectivity index is 1.80. The van der Waals surface area contributed by atoms with Crippen LogP contribution in [0.4, 0.5) is 0 Å². The van der Waals surface area contributed by atoms with E-state index >= 15 is 0 Å². The highest BCUT2D eigenvalue weighted by Gasteiger charge is 2.31. The summed E-state index contributed by atoms with van der Waals surface area (Å²) in [6, 6.07) is 4.61. The van der Waals surface area contributed by atoms with Crippen LogP contribution in [-0.2, 0) is 19.9 Å². The maximum absolute atomic E-state index is 12.3. The van der Waals surface area contributed by atoms with Gasteiger partial charge in [-0.25, -0.2) is 31.2 Å². The van der Waals surface area contributed by atoms with Gasteiger partial charge in [-0.2, -0.15) is 5.10 Å². The molecular weight excluding hydrogens is 328 g/mol. The monoisotopic (exact) mass is 342 g/mol. The molecule has 0 radical (unpaired) electrons. The molecule has 1 aliphatic heterocycles. The van der Waals surface area contributed by atoms with E-state index in [2.05, 4.69) is 14.8 Å². The maximum Gasteiger partial charge on any atom is 0.243 e. The lowest BCUT2D eigenvalue weighted by Crippen LogP contribution is -2.35. The Labute approximate surface area is 128 Å². The first-order valence-corrected chi connectivity index (χ1v) is 9.85. The fraction of sp³-hybridized carbons (Fsp3) is 0.333. The zero-order valence-electron chi connectivity index (χ0n) is 11.5. The Hall–Kier alpha value is -1.78. The second-order valence-corrected chi connectivity index (χ2v) is 8.97. The van der Waals surface area contributed by atoms with Crippen molar-refractivity contribution >= 4 is 19.9 Å². The summed E-state index contributed by atoms with van der Waals surface area (Å²) in [7, 11) is -6.95. The third-order valence-electron chi connectivity index (χ3n) is 3.31. The Bertz CT molecular complexity index is 875. The van der Waals surface area contributed by atoms with Crippen LogP contribution >= 0.6 is 0 Å². The molecule has 1 aliphatic rings. The number of hydrogen-bond acceptors (Lipinski definition) is 6. The fourth-order valence-corrected chi connectivity index (χ4v) is 5.21. The van der Waals surface area contributed by atoms with Gasteiger partial charge in [-0.3, -0.25) is 0 Å². The molecule has 0 spiro atoms. The molecular formula is C12H14N4O4S2. The smallest absolute Gasteiger partial charge is 0.237 e. The number of pyridine rings is 1. The first-order chi connectivity index (χ1) is 10.4. The molecule has 1 unspecified atom stereocenters. The Morgan fingerprint density at radius 2 is 2.14 bits per heavy atom. The van der Waals surface area contributed by atoms with Crippen molar-refractivity contribution in [1.82, 2.24) is 19.5 Å². The van der Waals surface area contributed by atoms with Crippen molar-refractivity contribution < 1.29 is 16.8 Å². The second-order valence-electron chi connectivity index (χ2n) is 5.03. The standard InChI is InChI=1S/C12H14N4O4S2/c17-21(18)6-4-10(9-21)15-22(19,20)11-7-14-16(8-11)12-3-1-2-5-13-12/h1-3,5,7-8,10,15H,4,6,9H2. The molecule has 1 saturated heterocycles. The highest BCUT2D eigenvalue weighted by molar-refractivity contribution is 7.92. The van der Waals surface area contributed by atoms with Gasteiger partial charge in [0.15, 0.2) is 15.7 Å². The van der Waals surface area contributed by atoms with Gasteiger partial charge in [0.25, 0.3) is 0 Å². The van der Waals surface area contributed by atoms with E-state index in [0.29, 0.717) is 5.82 Å². The molecule has 1 N–H and O–H groups in total. The highest BCUT2D eigenvalue weighted by atomic mass is 32.2. The molecule has 8 nitrogen and oxygen atoms in total. The predicted octanol–water partition coefficient (Wildman–Crippen LogP) is -0.267. The van der Waals surface area contributed by atoms with Crippen LogP contribution in [0, 0.1) is 0 Å². The average molecular weight is 342 g/mol. The Kier molecular flexibility index (Phi) is 3.75. The lowest BCUT2D eigenvalue weighted by atomic mass is 10.3. The Morgan fingerprint density at radius 1 is 1.32 bits per heavy atom. The zero-order chi connectivity index (χ0) is 15.8. The molecule has 2 aromatic rings. The van der Waals surface area contributed by atoms with Crippen molar-refractivity contribution in [2.75, 3.05) is 11.5 Å². The van der Waals surface area contributed by atoms with Gasteiger partial charge in [-0.1, -0.05) is 6.07 Å². The van der Waals surface area contributed by atoms with Crippen LogP contribution in [0.5, 0.6) is 0 Å². The summed E-state index contributed by atoms with van der Waals surface area (Å²) in [6.45, 7) is 0. The van der Waals surface area contributed by atoms with Crippen LogP contribution < -0.4 is 4.72 Å². The van der Waals surface area contributed by atoms with E-state index in [0.717, 1.165) is 0 Å². The van der Waals surface area contributed by atoms with E-state index in [1.807, 2.05) is 0 Å². The molecule has 10 heteroatoms. The largest absolute Gasteiger partial charge is 0.243 e. The minimum absolute atomic E-state index is 0.00733. The predicted molar refractivity (Wildman–Crippen MR) is 78.7 cm³/mol. The normalized spacial score (nSPS) is 21.0. The van der Waals surface area contributed by atoms with Gasteiger partial charge in [0.2, 0.25) is 10.0 Å². The third-order valence-corrected chi connectivity index (χ3v) is 6.55. The van der Waals surface area contributed by atoms with Gasteiger partial charge < -0.3 is 0 Å². The number of sulfonamides is 1. The summed E-state index contributed by atoms with van der Waals surface area (Å²) in [5.41, 5.74) is 0. The average Bonchev–Trinajstić information content (AvgIpc) is 3.07. The van der Waals surface area contributed by atoms with E-state index in [-0.39, 0.29) is 22.8 Å². The van der Waals surface area contributed by atoms with Gasteiger partial charge in [0.1, 0.15) is 4.90 Å². The third kappa shape index (κ3) is 3.18. The quantitative estimate of drug-likeness (QED) is 0.819. The highest BCUT2D eigenvalue weighted by Crippen LogP contribution is 2.16. The van der Waals surface area contributed by atoms with Gasteiger partial charge in [-0.15, -0.1) is 0 Å². The lowest BCUT2D eigenvalue weighted by Gasteiger charge is -2.09. The fourth-order valence-electron chi connectivity index (χ4n) is 2.24. The van der Waals surface area contributed by atoms with Crippen LogP contribution in [0.25, 0.3) is 5.82 Å². The SMILES string of the molecule is O=S1(=O)CCC(NS(=O)(=O)c2cnn(-c3ccccn3)c2)C1. The number of nitrogens with zero attached hydrogens (tertiary/aromatic N) is 3. The molecule has 0 aromatic carbocycles. The summed E-state index contributed by atoms with van der Waals surface area (Å²) < 4.78 is 51.1. The van der Waals surface area contributed by atoms with Crippen molar-refractivity contribution in [3.05, 3.63) is 36.8 Å². The minimum atomic E-state index is -3.81. The number of aromatic nitrogens is 3. The van der Waals surface area contributed by atoms with Crippen molar-refractivity contribution in [3.8, 4) is 5.82 Å². The second kappa shape index (κ2) is 5.45. The van der Waals surface area contributed by atoms with E-state index in [4.69, 9.17) is 0 Å². The number of nitrogens with one attached hydrogen (secondary N) is 1. The molecule has 118 valence electrons. The molecule has 0 amide bonds. The topological polar surface area (TPSA) is 111 Å². The van der Waals surface area contributed by atoms with Gasteiger partial charge in [0.05, 0.1) is 23.9 Å². The first kappa shape index (κ1) is 15.1. The molecule has 3 heterocycles. The van der Waals surface area contributed by atoms with Crippen LogP contribution in [-0.4, -0.2) is 49.1 Å². The maximum atomic E-state index is 12.3. The van der Waals surface area contributed by atoms with Crippen molar-refractivity contribution in [3.63, 3.8) is 0 Å². The van der Waals surface area contributed by atoms with Crippen molar-refractivity contribution in [2.24, 2.45) is 0 Å². The van der Waals surface area contributed by atoms with E-state index in [1.54, 1.807) is 24.4 Å². The van der Waals surface area contributed by atoms with Crippen LogP contribution in [0.3, 0.4) is 0 Å². The van der Waals surface area contributed by atoms with Gasteiger partial charge in [-0.05, 0) is 18.6 Å². The molecule has 3 rings (SSSR count). The van der Waals surface area contributed by atoms with E-state index < -0.39 is 25.9 Å². The molecule has 0 aliphatic carbocycles. The van der Waals surface area contributed by atoms with Crippen LogP contribution in [0.15, 0.2) is 41.7 Å². The number of hydrogen-bond donors (Lipinski definition) is 1. The van der Waals surface area contributed by atoms with Gasteiger partial charge in [0, 0.05) is 12.2 Å². The summed E-state index contributed by atoms with van der Waals surface area (Å²) in [5, 5.41) is 3.97. The summed E-state index contributed by atoms with van der Waals surface area (Å²) in [6.07, 6.45) is 4.41. The van der Waals surface area contributed by atoms with E-state index in [1.165, 1.54) is 17.1 Å². The summed E-state index contributed by atoms with van der Waals surface area (Å²) in [4.78, 5) is 4.05. The molecule has 1 fully saturated rings. The van der Waals surface area contributed by atoms with Crippen LogP contribution in [0.1, 0.15) is 6.42 Å². The van der Waals surface area contributed by atoms with Crippen LogP contribution in [0.2, 0.25) is 0 Å². The number of rotatable bonds is 4. The van der Waals surface area contributed by atoms with Gasteiger partial charge >= 0.3 is 0 Å². The summed E-state index contributed by atoms with van der Waals surface area (Å²) in [5.74, 6) is 0.334. The zero-order valence-corrected chi connectivity index (χ0v) is 13.1. The minimum Gasteiger partial charge on any atom is -0.237 e. The lowest BCUT2D eigenvalue weighted by molar-refractivity contribution is 0.562. The molecule has 2 aromatic heterocycles. The number of sulfone groups is 1. The molecule has 0 saturated carbocycles. The molecule has 1 atom stereocenters. The molecule has 22 heavy (non-hydrogen) atoms. The van der Waals surface area contributed by atoms with E-state index in [9.17, 15) is 16.8 Å². The molecule has 0 bridgehead atoms. The van der Waals surface area contributed by atoms with Crippen molar-refractivity contribution in [2.45, 2.75) is 17.4 Å². The first-order valence-electron chi connectivity index (χ1n) is 6.55.